The first-order valence-electron chi connectivity index (χ1n) is 10.2. The van der Waals surface area contributed by atoms with Crippen molar-refractivity contribution < 1.29 is 14.6 Å². The van der Waals surface area contributed by atoms with Crippen LogP contribution in [-0.2, 0) is 11.3 Å². The van der Waals surface area contributed by atoms with Crippen molar-refractivity contribution in [3.63, 3.8) is 0 Å². The van der Waals surface area contributed by atoms with Crippen LogP contribution in [0.15, 0.2) is 41.3 Å². The number of carbonyl (C=O) groups is 1. The van der Waals surface area contributed by atoms with Crippen LogP contribution in [0.1, 0.15) is 38.0 Å². The van der Waals surface area contributed by atoms with Crippen LogP contribution in [0.5, 0.6) is 0 Å². The van der Waals surface area contributed by atoms with Crippen LogP contribution < -0.4 is 5.56 Å². The minimum absolute atomic E-state index is 0.0239. The van der Waals surface area contributed by atoms with Gasteiger partial charge in [-0.05, 0) is 35.2 Å². The van der Waals surface area contributed by atoms with Gasteiger partial charge >= 0.3 is 6.09 Å². The molecule has 0 spiro atoms. The van der Waals surface area contributed by atoms with Gasteiger partial charge in [-0.2, -0.15) is 5.26 Å². The maximum atomic E-state index is 12.7. The molecule has 1 N–H and O–H groups in total. The Labute approximate surface area is 196 Å². The number of hydrogen-bond donors (Lipinski definition) is 1. The van der Waals surface area contributed by atoms with Gasteiger partial charge in [-0.1, -0.05) is 50.0 Å². The third-order valence-electron chi connectivity index (χ3n) is 5.66. The Hall–Kier alpha value is -2.53. The van der Waals surface area contributed by atoms with E-state index in [-0.39, 0.29) is 30.6 Å². The van der Waals surface area contributed by atoms with Crippen LogP contribution in [0.3, 0.4) is 0 Å². The molecule has 32 heavy (non-hydrogen) atoms. The monoisotopic (exact) mass is 477 g/mol. The molecule has 1 aromatic carbocycles. The zero-order chi connectivity index (χ0) is 23.6. The van der Waals surface area contributed by atoms with Crippen LogP contribution in [-0.4, -0.2) is 39.9 Å². The molecule has 1 fully saturated rings. The fraction of sp³-hybridized carbons (Fsp3) is 0.435. The molecule has 2 heterocycles. The normalized spacial score (nSPS) is 21.6. The lowest BCUT2D eigenvalue weighted by Crippen LogP contribution is -2.42. The standard InChI is InChI=1S/C23H25Cl2N3O4/c1-23(2,3)19-13-28(22(30)31)12-16(11-27-8-4-5-15(10-26)21(27)29)20(32-19)14-6-7-17(24)18(25)9-14/h4-9,16,19-20H,11-13H2,1-3H3,(H,30,31)/t16-,19?,20-/m0/s1. The Morgan fingerprint density at radius 1 is 1.25 bits per heavy atom. The summed E-state index contributed by atoms with van der Waals surface area (Å²) in [4.78, 5) is 26.0. The van der Waals surface area contributed by atoms with Crippen molar-refractivity contribution in [2.75, 3.05) is 13.1 Å². The topological polar surface area (TPSA) is 95.6 Å². The minimum Gasteiger partial charge on any atom is -0.465 e. The highest BCUT2D eigenvalue weighted by Gasteiger charge is 2.40. The summed E-state index contributed by atoms with van der Waals surface area (Å²) in [6, 6.07) is 10.2. The van der Waals surface area contributed by atoms with E-state index in [9.17, 15) is 20.0 Å². The van der Waals surface area contributed by atoms with E-state index in [1.54, 1.807) is 30.5 Å². The Morgan fingerprint density at radius 3 is 2.56 bits per heavy atom. The Bertz CT molecular complexity index is 1100. The number of rotatable bonds is 3. The summed E-state index contributed by atoms with van der Waals surface area (Å²) in [5, 5.41) is 19.8. The lowest BCUT2D eigenvalue weighted by atomic mass is 9.88. The van der Waals surface area contributed by atoms with Crippen LogP contribution in [0.25, 0.3) is 0 Å². The highest BCUT2D eigenvalue weighted by molar-refractivity contribution is 6.42. The number of hydrogen-bond acceptors (Lipinski definition) is 4. The molecule has 1 saturated heterocycles. The molecule has 9 heteroatoms. The molecular weight excluding hydrogens is 453 g/mol. The minimum atomic E-state index is -1.05. The molecule has 0 bridgehead atoms. The van der Waals surface area contributed by atoms with E-state index in [4.69, 9.17) is 27.9 Å². The van der Waals surface area contributed by atoms with Crippen molar-refractivity contribution in [3.05, 3.63) is 68.1 Å². The van der Waals surface area contributed by atoms with Crippen LogP contribution in [0.4, 0.5) is 4.79 Å². The summed E-state index contributed by atoms with van der Waals surface area (Å²) >= 11 is 12.4. The Morgan fingerprint density at radius 2 is 1.97 bits per heavy atom. The van der Waals surface area contributed by atoms with Crippen molar-refractivity contribution in [2.24, 2.45) is 11.3 Å². The lowest BCUT2D eigenvalue weighted by molar-refractivity contribution is -0.0789. The molecule has 0 saturated carbocycles. The van der Waals surface area contributed by atoms with Crippen molar-refractivity contribution >= 4 is 29.3 Å². The van der Waals surface area contributed by atoms with E-state index < -0.39 is 29.8 Å². The quantitative estimate of drug-likeness (QED) is 0.683. The van der Waals surface area contributed by atoms with Crippen LogP contribution in [0.2, 0.25) is 10.0 Å². The largest absolute Gasteiger partial charge is 0.465 e. The van der Waals surface area contributed by atoms with Crippen molar-refractivity contribution in [1.82, 2.24) is 9.47 Å². The van der Waals surface area contributed by atoms with Gasteiger partial charge < -0.3 is 19.3 Å². The number of carboxylic acid groups (broad SMARTS) is 1. The molecule has 7 nitrogen and oxygen atoms in total. The summed E-state index contributed by atoms with van der Waals surface area (Å²) in [5.41, 5.74) is 0.00165. The predicted molar refractivity (Wildman–Crippen MR) is 122 cm³/mol. The number of ether oxygens (including phenoxy) is 1. The maximum absolute atomic E-state index is 12.7. The number of nitrogens with zero attached hydrogens (tertiary/aromatic N) is 3. The van der Waals surface area contributed by atoms with E-state index in [1.165, 1.54) is 15.5 Å². The lowest BCUT2D eigenvalue weighted by Gasteiger charge is -2.34. The van der Waals surface area contributed by atoms with E-state index in [0.717, 1.165) is 5.56 Å². The Kier molecular flexibility index (Phi) is 7.19. The molecule has 170 valence electrons. The smallest absolute Gasteiger partial charge is 0.407 e. The SMILES string of the molecule is CC(C)(C)C1CN(C(=O)O)C[C@H](Cn2cccc(C#N)c2=O)[C@H](c2ccc(Cl)c(Cl)c2)O1. The fourth-order valence-corrected chi connectivity index (χ4v) is 4.14. The Balaban J connectivity index is 2.10. The van der Waals surface area contributed by atoms with E-state index in [1.807, 2.05) is 26.8 Å². The summed E-state index contributed by atoms with van der Waals surface area (Å²) in [5.74, 6) is -0.415. The number of nitriles is 1. The molecule has 3 rings (SSSR count). The number of pyridine rings is 1. The van der Waals surface area contributed by atoms with Gasteiger partial charge in [-0.25, -0.2) is 4.79 Å². The van der Waals surface area contributed by atoms with Gasteiger partial charge in [-0.3, -0.25) is 4.79 Å². The van der Waals surface area contributed by atoms with Gasteiger partial charge in [0, 0.05) is 25.2 Å². The second-order valence-corrected chi connectivity index (χ2v) is 9.84. The third kappa shape index (κ3) is 5.26. The van der Waals surface area contributed by atoms with Gasteiger partial charge in [0.1, 0.15) is 11.6 Å². The summed E-state index contributed by atoms with van der Waals surface area (Å²) in [6.07, 6.45) is -0.409. The number of halogens is 2. The molecule has 3 atom stereocenters. The van der Waals surface area contributed by atoms with E-state index in [2.05, 4.69) is 0 Å². The zero-order valence-electron chi connectivity index (χ0n) is 18.1. The first kappa shape index (κ1) is 24.1. The predicted octanol–water partition coefficient (Wildman–Crippen LogP) is 4.81. The highest BCUT2D eigenvalue weighted by atomic mass is 35.5. The molecule has 1 aromatic heterocycles. The van der Waals surface area contributed by atoms with Crippen molar-refractivity contribution in [2.45, 2.75) is 39.5 Å². The van der Waals surface area contributed by atoms with Gasteiger partial charge in [0.05, 0.1) is 28.8 Å². The van der Waals surface area contributed by atoms with Gasteiger partial charge in [0.15, 0.2) is 0 Å². The number of benzene rings is 1. The second kappa shape index (κ2) is 9.53. The third-order valence-corrected chi connectivity index (χ3v) is 6.40. The van der Waals surface area contributed by atoms with Gasteiger partial charge in [0.25, 0.3) is 5.56 Å². The van der Waals surface area contributed by atoms with Crippen molar-refractivity contribution in [1.29, 1.82) is 5.26 Å². The van der Waals surface area contributed by atoms with E-state index in [0.29, 0.717) is 10.0 Å². The number of amides is 1. The highest BCUT2D eigenvalue weighted by Crippen LogP contribution is 2.39. The van der Waals surface area contributed by atoms with Crippen molar-refractivity contribution in [3.8, 4) is 6.07 Å². The first-order valence-corrected chi connectivity index (χ1v) is 10.9. The molecular formula is C23H25Cl2N3O4. The molecule has 1 unspecified atom stereocenters. The summed E-state index contributed by atoms with van der Waals surface area (Å²) < 4.78 is 7.96. The molecule has 1 amide bonds. The molecule has 0 aliphatic carbocycles. The molecule has 1 aliphatic rings. The average molecular weight is 478 g/mol. The van der Waals surface area contributed by atoms with Gasteiger partial charge in [-0.15, -0.1) is 0 Å². The molecule has 2 aromatic rings. The summed E-state index contributed by atoms with van der Waals surface area (Å²) in [6.45, 7) is 6.48. The zero-order valence-corrected chi connectivity index (χ0v) is 19.6. The first-order chi connectivity index (χ1) is 15.0. The number of aromatic nitrogens is 1. The molecule has 1 aliphatic heterocycles. The fourth-order valence-electron chi connectivity index (χ4n) is 3.83. The summed E-state index contributed by atoms with van der Waals surface area (Å²) in [7, 11) is 0. The van der Waals surface area contributed by atoms with Gasteiger partial charge in [0.2, 0.25) is 0 Å². The molecule has 0 radical (unpaired) electrons. The second-order valence-electron chi connectivity index (χ2n) is 9.02. The average Bonchev–Trinajstić information content (AvgIpc) is 2.92. The van der Waals surface area contributed by atoms with Crippen LogP contribution in [0, 0.1) is 22.7 Å². The van der Waals surface area contributed by atoms with E-state index >= 15 is 0 Å². The van der Waals surface area contributed by atoms with Crippen LogP contribution >= 0.6 is 23.2 Å². The maximum Gasteiger partial charge on any atom is 0.407 e.